The van der Waals surface area contributed by atoms with E-state index in [1.807, 2.05) is 19.1 Å². The SMILES string of the molecule is CCOC(=O)CC1=NCCc2c1[nH]c1ccccc21. The van der Waals surface area contributed by atoms with Crippen LogP contribution in [0.1, 0.15) is 24.6 Å². The number of aliphatic imine (C=N–C) groups is 1. The van der Waals surface area contributed by atoms with Gasteiger partial charge < -0.3 is 9.72 Å². The van der Waals surface area contributed by atoms with Gasteiger partial charge in [-0.25, -0.2) is 0 Å². The average molecular weight is 256 g/mol. The number of ether oxygens (including phenoxy) is 1. The molecular weight excluding hydrogens is 240 g/mol. The van der Waals surface area contributed by atoms with Gasteiger partial charge in [-0.05, 0) is 25.0 Å². The van der Waals surface area contributed by atoms with E-state index in [0.717, 1.165) is 29.9 Å². The molecule has 0 spiro atoms. The second-order valence-corrected chi connectivity index (χ2v) is 4.58. The van der Waals surface area contributed by atoms with Crippen LogP contribution >= 0.6 is 0 Å². The fourth-order valence-corrected chi connectivity index (χ4v) is 2.58. The standard InChI is InChI=1S/C15H16N2O2/c1-2-19-14(18)9-13-15-11(7-8-16-13)10-5-3-4-6-12(10)17-15/h3-6,17H,2,7-9H2,1H3. The molecule has 1 aromatic heterocycles. The lowest BCUT2D eigenvalue weighted by atomic mass is 10.0. The van der Waals surface area contributed by atoms with Crippen molar-refractivity contribution < 1.29 is 9.53 Å². The predicted molar refractivity (Wildman–Crippen MR) is 74.7 cm³/mol. The number of rotatable bonds is 3. The monoisotopic (exact) mass is 256 g/mol. The number of benzene rings is 1. The van der Waals surface area contributed by atoms with Crippen LogP contribution in [0, 0.1) is 0 Å². The van der Waals surface area contributed by atoms with Gasteiger partial charge in [-0.1, -0.05) is 18.2 Å². The van der Waals surface area contributed by atoms with Gasteiger partial charge in [0.1, 0.15) is 0 Å². The Morgan fingerprint density at radius 1 is 1.42 bits per heavy atom. The molecule has 0 radical (unpaired) electrons. The summed E-state index contributed by atoms with van der Waals surface area (Å²) < 4.78 is 5.00. The van der Waals surface area contributed by atoms with Gasteiger partial charge in [0.05, 0.1) is 24.4 Å². The smallest absolute Gasteiger partial charge is 0.311 e. The summed E-state index contributed by atoms with van der Waals surface area (Å²) in [5.41, 5.74) is 4.19. The maximum absolute atomic E-state index is 11.6. The summed E-state index contributed by atoms with van der Waals surface area (Å²) in [5, 5.41) is 1.23. The molecule has 4 heteroatoms. The maximum atomic E-state index is 11.6. The number of nitrogens with zero attached hydrogens (tertiary/aromatic N) is 1. The Hall–Kier alpha value is -2.10. The molecule has 98 valence electrons. The number of esters is 1. The lowest BCUT2D eigenvalue weighted by Gasteiger charge is -2.12. The Labute approximate surface area is 111 Å². The van der Waals surface area contributed by atoms with E-state index in [9.17, 15) is 4.79 Å². The third kappa shape index (κ3) is 2.14. The minimum absolute atomic E-state index is 0.215. The quantitative estimate of drug-likeness (QED) is 0.858. The molecule has 0 bridgehead atoms. The van der Waals surface area contributed by atoms with Gasteiger partial charge >= 0.3 is 5.97 Å². The van der Waals surface area contributed by atoms with Gasteiger partial charge in [0, 0.05) is 17.4 Å². The van der Waals surface area contributed by atoms with Crippen LogP contribution in [0.15, 0.2) is 29.3 Å². The third-order valence-corrected chi connectivity index (χ3v) is 3.38. The second-order valence-electron chi connectivity index (χ2n) is 4.58. The number of fused-ring (bicyclic) bond motifs is 3. The summed E-state index contributed by atoms with van der Waals surface area (Å²) >= 11 is 0. The topological polar surface area (TPSA) is 54.4 Å². The molecule has 2 heterocycles. The van der Waals surface area contributed by atoms with Crippen LogP contribution in [-0.2, 0) is 16.0 Å². The van der Waals surface area contributed by atoms with E-state index in [4.69, 9.17) is 4.74 Å². The molecule has 19 heavy (non-hydrogen) atoms. The first-order chi connectivity index (χ1) is 9.29. The number of H-pyrrole nitrogens is 1. The van der Waals surface area contributed by atoms with Crippen LogP contribution in [0.4, 0.5) is 0 Å². The van der Waals surface area contributed by atoms with E-state index >= 15 is 0 Å². The Bertz CT molecular complexity index is 655. The number of carbonyl (C=O) groups excluding carboxylic acids is 1. The van der Waals surface area contributed by atoms with E-state index in [-0.39, 0.29) is 12.4 Å². The lowest BCUT2D eigenvalue weighted by Crippen LogP contribution is -2.18. The van der Waals surface area contributed by atoms with E-state index in [1.54, 1.807) is 0 Å². The van der Waals surface area contributed by atoms with Crippen LogP contribution in [-0.4, -0.2) is 29.8 Å². The molecule has 1 aliphatic heterocycles. The highest BCUT2D eigenvalue weighted by molar-refractivity contribution is 6.12. The van der Waals surface area contributed by atoms with Crippen molar-refractivity contribution >= 4 is 22.6 Å². The summed E-state index contributed by atoms with van der Waals surface area (Å²) in [6, 6.07) is 8.20. The molecule has 0 saturated carbocycles. The highest BCUT2D eigenvalue weighted by Crippen LogP contribution is 2.26. The lowest BCUT2D eigenvalue weighted by molar-refractivity contribution is -0.141. The Morgan fingerprint density at radius 3 is 3.11 bits per heavy atom. The fraction of sp³-hybridized carbons (Fsp3) is 0.333. The van der Waals surface area contributed by atoms with Gasteiger partial charge in [0.2, 0.25) is 0 Å². The number of hydrogen-bond acceptors (Lipinski definition) is 3. The number of nitrogens with one attached hydrogen (secondary N) is 1. The number of carbonyl (C=O) groups is 1. The van der Waals surface area contributed by atoms with Crippen molar-refractivity contribution in [1.82, 2.24) is 4.98 Å². The molecule has 2 aromatic rings. The maximum Gasteiger partial charge on any atom is 0.311 e. The van der Waals surface area contributed by atoms with Crippen molar-refractivity contribution in [1.29, 1.82) is 0 Å². The largest absolute Gasteiger partial charge is 0.466 e. The molecule has 1 aromatic carbocycles. The molecule has 3 rings (SSSR count). The van der Waals surface area contributed by atoms with Gasteiger partial charge in [0.15, 0.2) is 0 Å². The first kappa shape index (κ1) is 12.0. The highest BCUT2D eigenvalue weighted by atomic mass is 16.5. The summed E-state index contributed by atoms with van der Waals surface area (Å²) in [6.07, 6.45) is 1.17. The average Bonchev–Trinajstić information content (AvgIpc) is 2.79. The van der Waals surface area contributed by atoms with E-state index in [1.165, 1.54) is 10.9 Å². The Morgan fingerprint density at radius 2 is 2.26 bits per heavy atom. The van der Waals surface area contributed by atoms with Crippen molar-refractivity contribution in [3.63, 3.8) is 0 Å². The van der Waals surface area contributed by atoms with E-state index in [2.05, 4.69) is 22.1 Å². The molecule has 0 atom stereocenters. The molecule has 0 fully saturated rings. The predicted octanol–water partition coefficient (Wildman–Crippen LogP) is 2.47. The van der Waals surface area contributed by atoms with Gasteiger partial charge in [-0.15, -0.1) is 0 Å². The molecule has 0 saturated heterocycles. The zero-order valence-electron chi connectivity index (χ0n) is 10.9. The normalized spacial score (nSPS) is 14.1. The Kier molecular flexibility index (Phi) is 3.07. The first-order valence-corrected chi connectivity index (χ1v) is 6.58. The molecule has 0 unspecified atom stereocenters. The van der Waals surface area contributed by atoms with Crippen LogP contribution < -0.4 is 0 Å². The number of hydrogen-bond donors (Lipinski definition) is 1. The minimum atomic E-state index is -0.215. The van der Waals surface area contributed by atoms with Gasteiger partial charge in [0.25, 0.3) is 0 Å². The Balaban J connectivity index is 1.98. The summed E-state index contributed by atoms with van der Waals surface area (Å²) in [4.78, 5) is 19.5. The summed E-state index contributed by atoms with van der Waals surface area (Å²) in [7, 11) is 0. The first-order valence-electron chi connectivity index (χ1n) is 6.58. The van der Waals surface area contributed by atoms with Crippen molar-refractivity contribution in [3.8, 4) is 0 Å². The molecule has 0 amide bonds. The van der Waals surface area contributed by atoms with Crippen molar-refractivity contribution in [2.75, 3.05) is 13.2 Å². The van der Waals surface area contributed by atoms with Crippen molar-refractivity contribution in [2.45, 2.75) is 19.8 Å². The summed E-state index contributed by atoms with van der Waals surface area (Å²) in [5.74, 6) is -0.215. The van der Waals surface area contributed by atoms with Gasteiger partial charge in [-0.3, -0.25) is 9.79 Å². The molecule has 0 aliphatic carbocycles. The summed E-state index contributed by atoms with van der Waals surface area (Å²) in [6.45, 7) is 2.96. The van der Waals surface area contributed by atoms with Gasteiger partial charge in [-0.2, -0.15) is 0 Å². The zero-order chi connectivity index (χ0) is 13.2. The van der Waals surface area contributed by atoms with E-state index in [0.29, 0.717) is 6.61 Å². The van der Waals surface area contributed by atoms with Crippen molar-refractivity contribution in [2.24, 2.45) is 4.99 Å². The fourth-order valence-electron chi connectivity index (χ4n) is 2.58. The van der Waals surface area contributed by atoms with E-state index < -0.39 is 0 Å². The highest BCUT2D eigenvalue weighted by Gasteiger charge is 2.21. The number of para-hydroxylation sites is 1. The van der Waals surface area contributed by atoms with Crippen molar-refractivity contribution in [3.05, 3.63) is 35.5 Å². The van der Waals surface area contributed by atoms with Crippen LogP contribution in [0.2, 0.25) is 0 Å². The third-order valence-electron chi connectivity index (χ3n) is 3.38. The number of aromatic nitrogens is 1. The second kappa shape index (κ2) is 4.88. The van der Waals surface area contributed by atoms with Crippen LogP contribution in [0.25, 0.3) is 10.9 Å². The molecule has 1 aliphatic rings. The molecule has 4 nitrogen and oxygen atoms in total. The minimum Gasteiger partial charge on any atom is -0.466 e. The molecule has 1 N–H and O–H groups in total. The zero-order valence-corrected chi connectivity index (χ0v) is 10.9. The molecular formula is C15H16N2O2. The van der Waals surface area contributed by atoms with Crippen LogP contribution in [0.3, 0.4) is 0 Å². The van der Waals surface area contributed by atoms with Crippen LogP contribution in [0.5, 0.6) is 0 Å². The number of aromatic amines is 1.